The van der Waals surface area contributed by atoms with Crippen molar-refractivity contribution in [3.8, 4) is 45.8 Å². The molecule has 0 fully saturated rings. The molecule has 5 rings (SSSR count). The molecule has 0 unspecified atom stereocenters. The second-order valence-corrected chi connectivity index (χ2v) is 8.05. The van der Waals surface area contributed by atoms with Crippen LogP contribution in [0.5, 0.6) is 34.5 Å². The highest BCUT2D eigenvalue weighted by Crippen LogP contribution is 2.45. The van der Waals surface area contributed by atoms with Crippen molar-refractivity contribution in [1.29, 1.82) is 0 Å². The van der Waals surface area contributed by atoms with Crippen molar-refractivity contribution in [2.24, 2.45) is 0 Å². The molecule has 5 N–H and O–H groups in total. The first-order chi connectivity index (χ1) is 16.2. The molecule has 34 heavy (non-hydrogen) atoms. The van der Waals surface area contributed by atoms with Gasteiger partial charge in [-0.3, -0.25) is 4.79 Å². The molecule has 1 aliphatic heterocycles. The SMILES string of the molecule is COc1cc(-c2oc3c(O)cc([C@H]4Oc5cc(O)cc(O)c5C(=O)[C@@H]4O)cc3c2C)ccc1O. The molecule has 0 saturated carbocycles. The lowest BCUT2D eigenvalue weighted by atomic mass is 9.92. The first-order valence-electron chi connectivity index (χ1n) is 10.3. The Hall–Kier alpha value is -4.37. The molecule has 0 amide bonds. The van der Waals surface area contributed by atoms with Crippen molar-refractivity contribution >= 4 is 16.8 Å². The van der Waals surface area contributed by atoms with Gasteiger partial charge in [0, 0.05) is 28.6 Å². The van der Waals surface area contributed by atoms with Crippen LogP contribution < -0.4 is 9.47 Å². The number of phenols is 4. The Morgan fingerprint density at radius 3 is 2.44 bits per heavy atom. The Morgan fingerprint density at radius 2 is 1.71 bits per heavy atom. The van der Waals surface area contributed by atoms with Crippen LogP contribution in [-0.4, -0.2) is 44.5 Å². The van der Waals surface area contributed by atoms with E-state index in [2.05, 4.69) is 0 Å². The van der Waals surface area contributed by atoms with Gasteiger partial charge >= 0.3 is 0 Å². The summed E-state index contributed by atoms with van der Waals surface area (Å²) in [5, 5.41) is 51.5. The topological polar surface area (TPSA) is 150 Å². The van der Waals surface area contributed by atoms with Gasteiger partial charge in [-0.1, -0.05) is 0 Å². The van der Waals surface area contributed by atoms with Crippen LogP contribution in [0.15, 0.2) is 46.9 Å². The summed E-state index contributed by atoms with van der Waals surface area (Å²) in [6, 6.07) is 9.81. The molecule has 0 radical (unpaired) electrons. The number of hydrogen-bond donors (Lipinski definition) is 5. The standard InChI is InChI=1S/C25H20O9/c1-10-14-5-12(24-22(31)21(30)20-16(28)8-13(26)9-19(20)33-24)6-17(29)25(14)34-23(10)11-3-4-15(27)18(7-11)32-2/h3-9,22,24,26-29,31H,1-2H3/t22-,24+/m0/s1. The van der Waals surface area contributed by atoms with Crippen LogP contribution >= 0.6 is 0 Å². The molecule has 9 heteroatoms. The van der Waals surface area contributed by atoms with Crippen LogP contribution in [0, 0.1) is 6.92 Å². The number of aryl methyl sites for hydroxylation is 1. The Kier molecular flexibility index (Phi) is 4.80. The van der Waals surface area contributed by atoms with Gasteiger partial charge in [-0.05, 0) is 42.8 Å². The zero-order valence-corrected chi connectivity index (χ0v) is 18.1. The van der Waals surface area contributed by atoms with E-state index in [9.17, 15) is 30.3 Å². The molecule has 4 aromatic rings. The maximum absolute atomic E-state index is 12.7. The number of aromatic hydroxyl groups is 4. The predicted molar refractivity (Wildman–Crippen MR) is 120 cm³/mol. The summed E-state index contributed by atoms with van der Waals surface area (Å²) in [6.45, 7) is 1.78. The number of fused-ring (bicyclic) bond motifs is 2. The van der Waals surface area contributed by atoms with E-state index in [4.69, 9.17) is 13.9 Å². The quantitative estimate of drug-likeness (QED) is 0.304. The first kappa shape index (κ1) is 21.5. The number of ketones is 1. The van der Waals surface area contributed by atoms with Gasteiger partial charge in [0.1, 0.15) is 28.6 Å². The van der Waals surface area contributed by atoms with Crippen LogP contribution in [0.4, 0.5) is 0 Å². The van der Waals surface area contributed by atoms with Crippen LogP contribution in [-0.2, 0) is 0 Å². The molecule has 1 aromatic heterocycles. The van der Waals surface area contributed by atoms with E-state index in [0.717, 1.165) is 6.07 Å². The number of furan rings is 1. The summed E-state index contributed by atoms with van der Waals surface area (Å²) < 4.78 is 16.8. The minimum Gasteiger partial charge on any atom is -0.508 e. The fraction of sp³-hybridized carbons (Fsp3) is 0.160. The van der Waals surface area contributed by atoms with Crippen molar-refractivity contribution in [2.45, 2.75) is 19.1 Å². The Bertz CT molecular complexity index is 1470. The molecule has 2 atom stereocenters. The number of rotatable bonds is 3. The molecule has 0 spiro atoms. The number of benzene rings is 3. The summed E-state index contributed by atoms with van der Waals surface area (Å²) in [4.78, 5) is 12.7. The highest BCUT2D eigenvalue weighted by Gasteiger charge is 2.39. The third-order valence-corrected chi connectivity index (χ3v) is 5.93. The van der Waals surface area contributed by atoms with Crippen LogP contribution in [0.3, 0.4) is 0 Å². The lowest BCUT2D eigenvalue weighted by Gasteiger charge is -2.30. The number of carbonyl (C=O) groups excluding carboxylic acids is 1. The van der Waals surface area contributed by atoms with Gasteiger partial charge in [0.05, 0.1) is 7.11 Å². The number of aliphatic hydroxyl groups is 1. The number of ether oxygens (including phenoxy) is 2. The number of methoxy groups -OCH3 is 1. The second-order valence-electron chi connectivity index (χ2n) is 8.05. The largest absolute Gasteiger partial charge is 0.508 e. The van der Waals surface area contributed by atoms with Crippen molar-refractivity contribution < 1.29 is 44.2 Å². The Labute approximate surface area is 192 Å². The first-order valence-corrected chi connectivity index (χ1v) is 10.3. The predicted octanol–water partition coefficient (Wildman–Crippen LogP) is 3.92. The fourth-order valence-electron chi connectivity index (χ4n) is 4.24. The van der Waals surface area contributed by atoms with E-state index < -0.39 is 23.7 Å². The smallest absolute Gasteiger partial charge is 0.202 e. The molecule has 1 aliphatic rings. The van der Waals surface area contributed by atoms with Crippen molar-refractivity contribution in [3.05, 3.63) is 59.2 Å². The van der Waals surface area contributed by atoms with Gasteiger partial charge in [-0.25, -0.2) is 0 Å². The monoisotopic (exact) mass is 464 g/mol. The molecular weight excluding hydrogens is 444 g/mol. The van der Waals surface area contributed by atoms with E-state index in [1.165, 1.54) is 25.3 Å². The van der Waals surface area contributed by atoms with Gasteiger partial charge in [-0.2, -0.15) is 0 Å². The molecule has 9 nitrogen and oxygen atoms in total. The summed E-state index contributed by atoms with van der Waals surface area (Å²) in [7, 11) is 1.43. The molecule has 0 aliphatic carbocycles. The molecule has 2 heterocycles. The van der Waals surface area contributed by atoms with Gasteiger partial charge in [0.2, 0.25) is 5.78 Å². The van der Waals surface area contributed by atoms with E-state index in [1.807, 2.05) is 0 Å². The van der Waals surface area contributed by atoms with Gasteiger partial charge in [0.15, 0.2) is 35.0 Å². The van der Waals surface area contributed by atoms with Gasteiger partial charge in [0.25, 0.3) is 0 Å². The number of hydrogen-bond acceptors (Lipinski definition) is 9. The highest BCUT2D eigenvalue weighted by atomic mass is 16.5. The van der Waals surface area contributed by atoms with E-state index in [-0.39, 0.29) is 45.5 Å². The van der Waals surface area contributed by atoms with Gasteiger partial charge in [-0.15, -0.1) is 0 Å². The lowest BCUT2D eigenvalue weighted by molar-refractivity contribution is 0.0210. The molecule has 3 aromatic carbocycles. The van der Waals surface area contributed by atoms with E-state index in [0.29, 0.717) is 22.3 Å². The maximum atomic E-state index is 12.7. The van der Waals surface area contributed by atoms with Crippen molar-refractivity contribution in [1.82, 2.24) is 0 Å². The molecule has 0 saturated heterocycles. The minimum atomic E-state index is -1.66. The lowest BCUT2D eigenvalue weighted by Crippen LogP contribution is -2.36. The third-order valence-electron chi connectivity index (χ3n) is 5.93. The number of carbonyl (C=O) groups is 1. The number of Topliss-reactive ketones (excluding diaryl/α,β-unsaturated/α-hetero) is 1. The Morgan fingerprint density at radius 1 is 0.941 bits per heavy atom. The zero-order valence-electron chi connectivity index (χ0n) is 18.1. The number of aliphatic hydroxyl groups excluding tert-OH is 1. The highest BCUT2D eigenvalue weighted by molar-refractivity contribution is 6.05. The third kappa shape index (κ3) is 3.17. The van der Waals surface area contributed by atoms with Gasteiger partial charge < -0.3 is 39.4 Å². The minimum absolute atomic E-state index is 0.0318. The molecule has 174 valence electrons. The van der Waals surface area contributed by atoms with E-state index in [1.54, 1.807) is 25.1 Å². The summed E-state index contributed by atoms with van der Waals surface area (Å²) in [5.41, 5.74) is 1.52. The van der Waals surface area contributed by atoms with Crippen LogP contribution in [0.1, 0.15) is 27.6 Å². The van der Waals surface area contributed by atoms with E-state index >= 15 is 0 Å². The second kappa shape index (κ2) is 7.60. The fourth-order valence-corrected chi connectivity index (χ4v) is 4.24. The molecular formula is C25H20O9. The summed E-state index contributed by atoms with van der Waals surface area (Å²) in [6.07, 6.45) is -2.86. The van der Waals surface area contributed by atoms with Crippen molar-refractivity contribution in [2.75, 3.05) is 7.11 Å². The average molecular weight is 464 g/mol. The van der Waals surface area contributed by atoms with Crippen LogP contribution in [0.25, 0.3) is 22.3 Å². The van der Waals surface area contributed by atoms with Crippen molar-refractivity contribution in [3.63, 3.8) is 0 Å². The zero-order chi connectivity index (χ0) is 24.3. The number of phenolic OH excluding ortho intramolecular Hbond substituents is 4. The normalized spacial score (nSPS) is 17.4. The summed E-state index contributed by atoms with van der Waals surface area (Å²) in [5.74, 6) is -1.25. The maximum Gasteiger partial charge on any atom is 0.202 e. The summed E-state index contributed by atoms with van der Waals surface area (Å²) >= 11 is 0. The average Bonchev–Trinajstić information content (AvgIpc) is 3.13. The Balaban J connectivity index is 1.62. The molecule has 0 bridgehead atoms. The van der Waals surface area contributed by atoms with Crippen LogP contribution in [0.2, 0.25) is 0 Å².